The molecule has 0 aliphatic heterocycles. The van der Waals surface area contributed by atoms with Gasteiger partial charge in [0.25, 0.3) is 0 Å². The van der Waals surface area contributed by atoms with E-state index in [9.17, 15) is 4.39 Å². The average molecular weight is 462 g/mol. The summed E-state index contributed by atoms with van der Waals surface area (Å²) in [6.45, 7) is 0. The molecule has 0 radical (unpaired) electrons. The van der Waals surface area contributed by atoms with E-state index in [1.807, 2.05) is 41.0 Å². The predicted molar refractivity (Wildman–Crippen MR) is 133 cm³/mol. The van der Waals surface area contributed by atoms with E-state index in [0.29, 0.717) is 5.02 Å². The SMILES string of the molecule is Fc1cccc(-c2nc3c(-c4ccc(Cl)cc4)cnn3c3c2CCCCCCCCCC3)c1. The first kappa shape index (κ1) is 22.1. The molecule has 0 saturated heterocycles. The molecule has 5 heteroatoms. The number of hydrogen-bond donors (Lipinski definition) is 0. The van der Waals surface area contributed by atoms with Crippen LogP contribution in [-0.4, -0.2) is 14.6 Å². The van der Waals surface area contributed by atoms with Crippen LogP contribution in [0.3, 0.4) is 0 Å². The van der Waals surface area contributed by atoms with Gasteiger partial charge < -0.3 is 0 Å². The second kappa shape index (κ2) is 10.0. The summed E-state index contributed by atoms with van der Waals surface area (Å²) in [5.74, 6) is -0.234. The van der Waals surface area contributed by atoms with Gasteiger partial charge in [0.05, 0.1) is 11.9 Å². The average Bonchev–Trinajstić information content (AvgIpc) is 3.23. The third-order valence-corrected chi connectivity index (χ3v) is 6.95. The number of aryl methyl sites for hydroxylation is 1. The molecule has 1 aliphatic carbocycles. The van der Waals surface area contributed by atoms with Gasteiger partial charge in [-0.15, -0.1) is 0 Å². The Labute approximate surface area is 199 Å². The van der Waals surface area contributed by atoms with Crippen molar-refractivity contribution in [2.75, 3.05) is 0 Å². The molecule has 3 nitrogen and oxygen atoms in total. The predicted octanol–water partition coefficient (Wildman–Crippen LogP) is 8.08. The largest absolute Gasteiger partial charge is 0.228 e. The number of nitrogens with zero attached hydrogens (tertiary/aromatic N) is 3. The van der Waals surface area contributed by atoms with Crippen molar-refractivity contribution in [3.63, 3.8) is 0 Å². The van der Waals surface area contributed by atoms with Crippen LogP contribution in [0.15, 0.2) is 54.7 Å². The van der Waals surface area contributed by atoms with Gasteiger partial charge in [-0.2, -0.15) is 5.10 Å². The molecule has 1 aliphatic rings. The van der Waals surface area contributed by atoms with Crippen molar-refractivity contribution in [3.05, 3.63) is 76.8 Å². The van der Waals surface area contributed by atoms with Gasteiger partial charge in [0.15, 0.2) is 5.65 Å². The number of fused-ring (bicyclic) bond motifs is 3. The van der Waals surface area contributed by atoms with Gasteiger partial charge in [0, 0.05) is 27.4 Å². The van der Waals surface area contributed by atoms with Crippen LogP contribution in [0.25, 0.3) is 28.0 Å². The smallest absolute Gasteiger partial charge is 0.163 e. The molecule has 0 N–H and O–H groups in total. The number of benzene rings is 2. The summed E-state index contributed by atoms with van der Waals surface area (Å²) < 4.78 is 16.3. The topological polar surface area (TPSA) is 30.2 Å². The molecule has 170 valence electrons. The summed E-state index contributed by atoms with van der Waals surface area (Å²) in [4.78, 5) is 5.13. The van der Waals surface area contributed by atoms with Gasteiger partial charge in [0.1, 0.15) is 5.82 Å². The highest BCUT2D eigenvalue weighted by Crippen LogP contribution is 2.33. The van der Waals surface area contributed by atoms with Crippen molar-refractivity contribution in [2.24, 2.45) is 0 Å². The summed E-state index contributed by atoms with van der Waals surface area (Å²) in [5, 5.41) is 5.50. The third kappa shape index (κ3) is 4.81. The highest BCUT2D eigenvalue weighted by atomic mass is 35.5. The minimum absolute atomic E-state index is 0.234. The van der Waals surface area contributed by atoms with Gasteiger partial charge in [0.2, 0.25) is 0 Å². The molecule has 2 aromatic heterocycles. The Morgan fingerprint density at radius 3 is 2.21 bits per heavy atom. The maximum atomic E-state index is 14.2. The Morgan fingerprint density at radius 1 is 0.788 bits per heavy atom. The minimum atomic E-state index is -0.234. The van der Waals surface area contributed by atoms with Gasteiger partial charge in [-0.25, -0.2) is 13.9 Å². The molecule has 0 spiro atoms. The Bertz CT molecular complexity index is 1250. The van der Waals surface area contributed by atoms with Crippen LogP contribution >= 0.6 is 11.6 Å². The van der Waals surface area contributed by atoms with Crippen molar-refractivity contribution in [1.82, 2.24) is 14.6 Å². The highest BCUT2D eigenvalue weighted by molar-refractivity contribution is 6.30. The maximum Gasteiger partial charge on any atom is 0.163 e. The Hall–Kier alpha value is -2.72. The maximum absolute atomic E-state index is 14.2. The van der Waals surface area contributed by atoms with Crippen molar-refractivity contribution in [2.45, 2.75) is 64.2 Å². The molecule has 0 saturated carbocycles. The van der Waals surface area contributed by atoms with E-state index in [2.05, 4.69) is 0 Å². The first-order valence-corrected chi connectivity index (χ1v) is 12.5. The quantitative estimate of drug-likeness (QED) is 0.302. The lowest BCUT2D eigenvalue weighted by molar-refractivity contribution is 0.553. The molecule has 0 bridgehead atoms. The normalized spacial score (nSPS) is 15.6. The summed E-state index contributed by atoms with van der Waals surface area (Å²) in [6.07, 6.45) is 13.7. The van der Waals surface area contributed by atoms with E-state index >= 15 is 0 Å². The first-order valence-electron chi connectivity index (χ1n) is 12.1. The standard InChI is InChI=1S/C28H29ClFN3/c29-22-16-14-20(15-17-22)25-19-31-33-26-13-8-6-4-2-1-3-5-7-12-24(26)27(32-28(25)33)21-10-9-11-23(30)18-21/h9-11,14-19H,1-8,12-13H2. The fourth-order valence-corrected chi connectivity index (χ4v) is 5.09. The molecule has 2 heterocycles. The molecule has 33 heavy (non-hydrogen) atoms. The van der Waals surface area contributed by atoms with Gasteiger partial charge in [-0.05, 0) is 55.5 Å². The van der Waals surface area contributed by atoms with Crippen molar-refractivity contribution >= 4 is 17.2 Å². The zero-order valence-electron chi connectivity index (χ0n) is 18.9. The van der Waals surface area contributed by atoms with Crippen LogP contribution in [-0.2, 0) is 12.8 Å². The lowest BCUT2D eigenvalue weighted by Crippen LogP contribution is -2.10. The van der Waals surface area contributed by atoms with E-state index in [-0.39, 0.29) is 5.82 Å². The fraction of sp³-hybridized carbons (Fsp3) is 0.357. The second-order valence-electron chi connectivity index (χ2n) is 9.02. The van der Waals surface area contributed by atoms with E-state index in [0.717, 1.165) is 53.7 Å². The number of halogens is 2. The van der Waals surface area contributed by atoms with Crippen LogP contribution in [0.2, 0.25) is 5.02 Å². The molecular formula is C28H29ClFN3. The van der Waals surface area contributed by atoms with Crippen LogP contribution in [0, 0.1) is 5.82 Å². The van der Waals surface area contributed by atoms with Crippen LogP contribution in [0.4, 0.5) is 4.39 Å². The van der Waals surface area contributed by atoms with E-state index in [1.165, 1.54) is 55.8 Å². The summed E-state index contributed by atoms with van der Waals surface area (Å²) in [6, 6.07) is 14.6. The van der Waals surface area contributed by atoms with Gasteiger partial charge in [-0.1, -0.05) is 74.4 Å². The van der Waals surface area contributed by atoms with Crippen molar-refractivity contribution in [1.29, 1.82) is 0 Å². The molecule has 0 unspecified atom stereocenters. The highest BCUT2D eigenvalue weighted by Gasteiger charge is 2.20. The van der Waals surface area contributed by atoms with E-state index in [1.54, 1.807) is 12.1 Å². The Balaban J connectivity index is 1.71. The lowest BCUT2D eigenvalue weighted by Gasteiger charge is -2.18. The number of rotatable bonds is 2. The summed E-state index contributed by atoms with van der Waals surface area (Å²) in [7, 11) is 0. The van der Waals surface area contributed by atoms with E-state index in [4.69, 9.17) is 21.7 Å². The zero-order valence-corrected chi connectivity index (χ0v) is 19.6. The number of aromatic nitrogens is 3. The van der Waals surface area contributed by atoms with Gasteiger partial charge in [-0.3, -0.25) is 0 Å². The molecule has 5 rings (SSSR count). The van der Waals surface area contributed by atoms with Crippen LogP contribution < -0.4 is 0 Å². The molecule has 4 aromatic rings. The summed E-state index contributed by atoms with van der Waals surface area (Å²) in [5.41, 5.74) is 6.99. The van der Waals surface area contributed by atoms with Crippen LogP contribution in [0.5, 0.6) is 0 Å². The van der Waals surface area contributed by atoms with Crippen LogP contribution in [0.1, 0.15) is 62.6 Å². The molecule has 0 fully saturated rings. The third-order valence-electron chi connectivity index (χ3n) is 6.70. The minimum Gasteiger partial charge on any atom is -0.228 e. The molecule has 2 aromatic carbocycles. The molecule has 0 atom stereocenters. The summed E-state index contributed by atoms with van der Waals surface area (Å²) >= 11 is 6.12. The molecule has 0 amide bonds. The lowest BCUT2D eigenvalue weighted by atomic mass is 9.94. The van der Waals surface area contributed by atoms with Gasteiger partial charge >= 0.3 is 0 Å². The Kier molecular flexibility index (Phi) is 6.73. The molecular weight excluding hydrogens is 433 g/mol. The first-order chi connectivity index (χ1) is 16.2. The second-order valence-corrected chi connectivity index (χ2v) is 9.46. The fourth-order valence-electron chi connectivity index (χ4n) is 4.97. The monoisotopic (exact) mass is 461 g/mol. The Morgan fingerprint density at radius 2 is 1.48 bits per heavy atom. The van der Waals surface area contributed by atoms with E-state index < -0.39 is 0 Å². The van der Waals surface area contributed by atoms with Crippen molar-refractivity contribution < 1.29 is 4.39 Å². The zero-order chi connectivity index (χ0) is 22.6. The number of hydrogen-bond acceptors (Lipinski definition) is 2. The van der Waals surface area contributed by atoms with Crippen molar-refractivity contribution in [3.8, 4) is 22.4 Å².